The van der Waals surface area contributed by atoms with Crippen LogP contribution >= 0.6 is 35.3 Å². The topological polar surface area (TPSA) is 26.0 Å². The van der Waals surface area contributed by atoms with Crippen molar-refractivity contribution in [3.8, 4) is 0 Å². The van der Waals surface area contributed by atoms with E-state index < -0.39 is 0 Å². The predicted molar refractivity (Wildman–Crippen MR) is 55.1 cm³/mol. The van der Waals surface area contributed by atoms with Crippen molar-refractivity contribution in [3.63, 3.8) is 0 Å². The van der Waals surface area contributed by atoms with Crippen LogP contribution in [0, 0.1) is 0 Å². The van der Waals surface area contributed by atoms with E-state index in [4.69, 9.17) is 17.3 Å². The molecule has 2 N–H and O–H groups in total. The molecule has 1 aromatic heterocycles. The lowest BCUT2D eigenvalue weighted by Crippen LogP contribution is -1.90. The number of nitrogen functional groups attached to an aromatic ring is 1. The molecule has 0 fully saturated rings. The number of hydrogen-bond acceptors (Lipinski definition) is 2. The SMILES string of the molecule is CC(C)c1scc(Cl)c1N.Cl. The second-order valence-electron chi connectivity index (χ2n) is 2.52. The van der Waals surface area contributed by atoms with Crippen LogP contribution in [-0.2, 0) is 0 Å². The fourth-order valence-electron chi connectivity index (χ4n) is 0.807. The van der Waals surface area contributed by atoms with Gasteiger partial charge in [-0.25, -0.2) is 0 Å². The number of rotatable bonds is 1. The Morgan fingerprint density at radius 3 is 2.27 bits per heavy atom. The number of nitrogens with two attached hydrogens (primary N) is 1. The molecule has 0 aliphatic carbocycles. The van der Waals surface area contributed by atoms with Gasteiger partial charge in [-0.2, -0.15) is 0 Å². The quantitative estimate of drug-likeness (QED) is 0.757. The molecule has 0 unspecified atom stereocenters. The molecule has 0 saturated heterocycles. The van der Waals surface area contributed by atoms with Gasteiger partial charge < -0.3 is 5.73 Å². The van der Waals surface area contributed by atoms with Crippen LogP contribution in [0.25, 0.3) is 0 Å². The molecule has 4 heteroatoms. The molecule has 1 nitrogen and oxygen atoms in total. The highest BCUT2D eigenvalue weighted by atomic mass is 35.5. The summed E-state index contributed by atoms with van der Waals surface area (Å²) in [6.45, 7) is 4.22. The van der Waals surface area contributed by atoms with Gasteiger partial charge in [0.2, 0.25) is 0 Å². The molecule has 0 saturated carbocycles. The molecule has 0 spiro atoms. The maximum Gasteiger partial charge on any atom is 0.0745 e. The van der Waals surface area contributed by atoms with E-state index in [2.05, 4.69) is 13.8 Å². The van der Waals surface area contributed by atoms with E-state index in [1.807, 2.05) is 5.38 Å². The average Bonchev–Trinajstić information content (AvgIpc) is 2.14. The highest BCUT2D eigenvalue weighted by Crippen LogP contribution is 2.34. The summed E-state index contributed by atoms with van der Waals surface area (Å²) in [4.78, 5) is 1.19. The Bertz CT molecular complexity index is 232. The molecule has 0 aromatic carbocycles. The van der Waals surface area contributed by atoms with Gasteiger partial charge in [0.15, 0.2) is 0 Å². The number of hydrogen-bond donors (Lipinski definition) is 1. The summed E-state index contributed by atoms with van der Waals surface area (Å²) in [6, 6.07) is 0. The molecule has 11 heavy (non-hydrogen) atoms. The first-order chi connectivity index (χ1) is 4.63. The highest BCUT2D eigenvalue weighted by molar-refractivity contribution is 7.11. The molecule has 1 aromatic rings. The van der Waals surface area contributed by atoms with Gasteiger partial charge in [0, 0.05) is 10.3 Å². The zero-order valence-corrected chi connectivity index (χ0v) is 8.82. The minimum Gasteiger partial charge on any atom is -0.397 e. The Labute approximate surface area is 82.0 Å². The third kappa shape index (κ3) is 2.26. The third-order valence-electron chi connectivity index (χ3n) is 1.34. The van der Waals surface area contributed by atoms with E-state index >= 15 is 0 Å². The lowest BCUT2D eigenvalue weighted by molar-refractivity contribution is 0.892. The standard InChI is InChI=1S/C7H10ClNS.ClH/c1-4(2)7-6(9)5(8)3-10-7;/h3-4H,9H2,1-2H3;1H. The first-order valence-electron chi connectivity index (χ1n) is 3.15. The van der Waals surface area contributed by atoms with Crippen molar-refractivity contribution < 1.29 is 0 Å². The Kier molecular flexibility index (Phi) is 4.22. The first kappa shape index (κ1) is 11.1. The summed E-state index contributed by atoms with van der Waals surface area (Å²) in [5, 5.41) is 2.57. The Morgan fingerprint density at radius 1 is 1.55 bits per heavy atom. The Hall–Kier alpha value is 0.0800. The van der Waals surface area contributed by atoms with Gasteiger partial charge in [0.05, 0.1) is 10.7 Å². The van der Waals surface area contributed by atoms with Gasteiger partial charge in [-0.3, -0.25) is 0 Å². The van der Waals surface area contributed by atoms with Crippen molar-refractivity contribution in [2.75, 3.05) is 5.73 Å². The van der Waals surface area contributed by atoms with Gasteiger partial charge in [0.1, 0.15) is 0 Å². The molecule has 0 bridgehead atoms. The second kappa shape index (κ2) is 4.19. The molecule has 0 radical (unpaired) electrons. The van der Waals surface area contributed by atoms with Crippen LogP contribution in [0.3, 0.4) is 0 Å². The Balaban J connectivity index is 0.000001000. The minimum absolute atomic E-state index is 0. The maximum atomic E-state index is 5.76. The van der Waals surface area contributed by atoms with Crippen molar-refractivity contribution in [1.29, 1.82) is 0 Å². The predicted octanol–water partition coefficient (Wildman–Crippen LogP) is 3.53. The summed E-state index contributed by atoms with van der Waals surface area (Å²) in [6.07, 6.45) is 0. The number of thiophene rings is 1. The van der Waals surface area contributed by atoms with E-state index in [1.165, 1.54) is 4.88 Å². The second-order valence-corrected chi connectivity index (χ2v) is 3.83. The molecule has 0 atom stereocenters. The van der Waals surface area contributed by atoms with E-state index in [1.54, 1.807) is 11.3 Å². The molecular weight excluding hydrogens is 201 g/mol. The molecule has 1 heterocycles. The van der Waals surface area contributed by atoms with E-state index in [0.29, 0.717) is 10.9 Å². The van der Waals surface area contributed by atoms with Gasteiger partial charge in [0.25, 0.3) is 0 Å². The molecule has 0 amide bonds. The van der Waals surface area contributed by atoms with Gasteiger partial charge in [-0.05, 0) is 5.92 Å². The smallest absolute Gasteiger partial charge is 0.0745 e. The van der Waals surface area contributed by atoms with Gasteiger partial charge >= 0.3 is 0 Å². The maximum absolute atomic E-state index is 5.76. The molecule has 64 valence electrons. The average molecular weight is 212 g/mol. The highest BCUT2D eigenvalue weighted by Gasteiger charge is 2.08. The summed E-state index contributed by atoms with van der Waals surface area (Å²) in [7, 11) is 0. The van der Waals surface area contributed by atoms with Gasteiger partial charge in [-0.15, -0.1) is 23.7 Å². The number of anilines is 1. The Morgan fingerprint density at radius 2 is 2.09 bits per heavy atom. The summed E-state index contributed by atoms with van der Waals surface area (Å²) in [5.41, 5.74) is 6.43. The van der Waals surface area contributed by atoms with Crippen LogP contribution in [0.5, 0.6) is 0 Å². The van der Waals surface area contributed by atoms with Crippen LogP contribution in [0.4, 0.5) is 5.69 Å². The van der Waals surface area contributed by atoms with Crippen molar-refractivity contribution in [2.24, 2.45) is 0 Å². The summed E-state index contributed by atoms with van der Waals surface area (Å²) < 4.78 is 0. The molecule has 1 rings (SSSR count). The fourth-order valence-corrected chi connectivity index (χ4v) is 1.96. The van der Waals surface area contributed by atoms with E-state index in [9.17, 15) is 0 Å². The minimum atomic E-state index is 0. The van der Waals surface area contributed by atoms with Crippen molar-refractivity contribution in [3.05, 3.63) is 15.3 Å². The van der Waals surface area contributed by atoms with Crippen LogP contribution in [-0.4, -0.2) is 0 Å². The third-order valence-corrected chi connectivity index (χ3v) is 3.08. The largest absolute Gasteiger partial charge is 0.397 e. The van der Waals surface area contributed by atoms with Crippen LogP contribution in [0.15, 0.2) is 5.38 Å². The van der Waals surface area contributed by atoms with Crippen molar-refractivity contribution in [2.45, 2.75) is 19.8 Å². The van der Waals surface area contributed by atoms with Crippen molar-refractivity contribution in [1.82, 2.24) is 0 Å². The summed E-state index contributed by atoms with van der Waals surface area (Å²) >= 11 is 7.39. The van der Waals surface area contributed by atoms with Crippen molar-refractivity contribution >= 4 is 41.0 Å². The number of halogens is 2. The zero-order valence-electron chi connectivity index (χ0n) is 6.43. The zero-order chi connectivity index (χ0) is 7.72. The van der Waals surface area contributed by atoms with Crippen LogP contribution in [0.1, 0.15) is 24.6 Å². The van der Waals surface area contributed by atoms with Crippen LogP contribution < -0.4 is 5.73 Å². The summed E-state index contributed by atoms with van der Waals surface area (Å²) in [5.74, 6) is 0.484. The molecule has 0 aliphatic rings. The molecular formula is C7H11Cl2NS. The fraction of sp³-hybridized carbons (Fsp3) is 0.429. The monoisotopic (exact) mass is 211 g/mol. The lowest BCUT2D eigenvalue weighted by atomic mass is 10.1. The molecule has 0 aliphatic heterocycles. The van der Waals surface area contributed by atoms with E-state index in [0.717, 1.165) is 5.69 Å². The normalized spacial score (nSPS) is 9.82. The first-order valence-corrected chi connectivity index (χ1v) is 4.41. The van der Waals surface area contributed by atoms with E-state index in [-0.39, 0.29) is 12.4 Å². The van der Waals surface area contributed by atoms with Gasteiger partial charge in [-0.1, -0.05) is 25.4 Å². The van der Waals surface area contributed by atoms with Crippen LogP contribution in [0.2, 0.25) is 5.02 Å². The lowest BCUT2D eigenvalue weighted by Gasteiger charge is -2.01.